The Labute approximate surface area is 145 Å². The van der Waals surface area contributed by atoms with Gasteiger partial charge in [-0.3, -0.25) is 4.79 Å². The lowest BCUT2D eigenvalue weighted by Gasteiger charge is -2.02. The third-order valence-electron chi connectivity index (χ3n) is 3.41. The molecule has 0 aromatic rings. The van der Waals surface area contributed by atoms with E-state index in [2.05, 4.69) is 6.92 Å². The number of allylic oxidation sites excluding steroid dienone is 5. The minimum absolute atomic E-state index is 0.179. The molecule has 0 spiro atoms. The molecular weight excluding hydrogens is 304 g/mol. The number of carboxylic acids is 1. The van der Waals surface area contributed by atoms with Gasteiger partial charge in [0.2, 0.25) is 0 Å². The van der Waals surface area contributed by atoms with Crippen molar-refractivity contribution < 1.29 is 20.1 Å². The summed E-state index contributed by atoms with van der Waals surface area (Å²) in [7, 11) is 0. The lowest BCUT2D eigenvalue weighted by Crippen LogP contribution is -2.00. The van der Waals surface area contributed by atoms with Crippen molar-refractivity contribution in [3.05, 3.63) is 48.6 Å². The number of rotatable bonds is 14. The van der Waals surface area contributed by atoms with Gasteiger partial charge < -0.3 is 15.3 Å². The van der Waals surface area contributed by atoms with Gasteiger partial charge in [-0.1, -0.05) is 74.8 Å². The predicted octanol–water partition coefficient (Wildman–Crippen LogP) is 4.16. The molecule has 1 unspecified atom stereocenters. The van der Waals surface area contributed by atoms with Crippen LogP contribution in [-0.4, -0.2) is 33.5 Å². The SMILES string of the molecule is CCCCC[C@H](O)/C=C/C=C/C=C/C(O)C/C=C\CCCC(=O)O. The van der Waals surface area contributed by atoms with Crippen molar-refractivity contribution in [2.45, 2.75) is 70.5 Å². The number of hydrogen-bond acceptors (Lipinski definition) is 3. The van der Waals surface area contributed by atoms with Gasteiger partial charge in [0.15, 0.2) is 0 Å². The van der Waals surface area contributed by atoms with Crippen LogP contribution < -0.4 is 0 Å². The highest BCUT2D eigenvalue weighted by Gasteiger charge is 1.97. The fourth-order valence-electron chi connectivity index (χ4n) is 2.02. The molecule has 2 atom stereocenters. The molecule has 24 heavy (non-hydrogen) atoms. The number of aliphatic hydroxyl groups is 2. The van der Waals surface area contributed by atoms with Crippen LogP contribution in [0.1, 0.15) is 58.3 Å². The van der Waals surface area contributed by atoms with Crippen LogP contribution in [0.15, 0.2) is 48.6 Å². The van der Waals surface area contributed by atoms with E-state index in [4.69, 9.17) is 5.11 Å². The first-order valence-corrected chi connectivity index (χ1v) is 8.80. The van der Waals surface area contributed by atoms with E-state index >= 15 is 0 Å². The third kappa shape index (κ3) is 16.7. The van der Waals surface area contributed by atoms with E-state index in [1.165, 1.54) is 0 Å². The van der Waals surface area contributed by atoms with Crippen LogP contribution in [0.4, 0.5) is 0 Å². The van der Waals surface area contributed by atoms with E-state index in [0.29, 0.717) is 19.3 Å². The molecule has 0 radical (unpaired) electrons. The summed E-state index contributed by atoms with van der Waals surface area (Å²) in [6.45, 7) is 2.14. The molecule has 0 rings (SSSR count). The van der Waals surface area contributed by atoms with Gasteiger partial charge in [0.25, 0.3) is 0 Å². The maximum absolute atomic E-state index is 10.3. The smallest absolute Gasteiger partial charge is 0.303 e. The van der Waals surface area contributed by atoms with Gasteiger partial charge >= 0.3 is 5.97 Å². The summed E-state index contributed by atoms with van der Waals surface area (Å²) in [6, 6.07) is 0. The summed E-state index contributed by atoms with van der Waals surface area (Å²) in [5.41, 5.74) is 0. The third-order valence-corrected chi connectivity index (χ3v) is 3.41. The summed E-state index contributed by atoms with van der Waals surface area (Å²) in [5, 5.41) is 27.9. The zero-order valence-electron chi connectivity index (χ0n) is 14.7. The van der Waals surface area contributed by atoms with E-state index in [0.717, 1.165) is 25.7 Å². The van der Waals surface area contributed by atoms with Crippen LogP contribution in [0.3, 0.4) is 0 Å². The average Bonchev–Trinajstić information content (AvgIpc) is 2.54. The van der Waals surface area contributed by atoms with Crippen LogP contribution in [0.25, 0.3) is 0 Å². The molecule has 0 aliphatic carbocycles. The van der Waals surface area contributed by atoms with Gasteiger partial charge in [0.05, 0.1) is 12.2 Å². The van der Waals surface area contributed by atoms with Crippen molar-refractivity contribution in [2.24, 2.45) is 0 Å². The lowest BCUT2D eigenvalue weighted by molar-refractivity contribution is -0.137. The minimum Gasteiger partial charge on any atom is -0.481 e. The molecule has 0 fully saturated rings. The normalized spacial score (nSPS) is 15.1. The molecule has 3 N–H and O–H groups in total. The van der Waals surface area contributed by atoms with E-state index < -0.39 is 12.1 Å². The Bertz CT molecular complexity index is 421. The van der Waals surface area contributed by atoms with Crippen molar-refractivity contribution in [1.82, 2.24) is 0 Å². The Morgan fingerprint density at radius 2 is 1.58 bits per heavy atom. The summed E-state index contributed by atoms with van der Waals surface area (Å²) in [6.07, 6.45) is 19.7. The van der Waals surface area contributed by atoms with Crippen LogP contribution in [0.5, 0.6) is 0 Å². The van der Waals surface area contributed by atoms with E-state index in [1.54, 1.807) is 18.2 Å². The fraction of sp³-hybridized carbons (Fsp3) is 0.550. The molecule has 0 heterocycles. The summed E-state index contributed by atoms with van der Waals surface area (Å²) < 4.78 is 0. The Kier molecular flexibility index (Phi) is 15.1. The molecule has 0 aliphatic heterocycles. The lowest BCUT2D eigenvalue weighted by atomic mass is 10.1. The second-order valence-electron chi connectivity index (χ2n) is 5.78. The topological polar surface area (TPSA) is 77.8 Å². The summed E-state index contributed by atoms with van der Waals surface area (Å²) >= 11 is 0. The van der Waals surface area contributed by atoms with Gasteiger partial charge in [-0.05, 0) is 25.7 Å². The van der Waals surface area contributed by atoms with Gasteiger partial charge in [-0.15, -0.1) is 0 Å². The molecule has 0 saturated carbocycles. The number of unbranched alkanes of at least 4 members (excludes halogenated alkanes) is 3. The van der Waals surface area contributed by atoms with Crippen molar-refractivity contribution in [2.75, 3.05) is 0 Å². The summed E-state index contributed by atoms with van der Waals surface area (Å²) in [4.78, 5) is 10.3. The molecule has 4 nitrogen and oxygen atoms in total. The number of hydrogen-bond donors (Lipinski definition) is 3. The monoisotopic (exact) mass is 336 g/mol. The maximum atomic E-state index is 10.3. The Hall–Kier alpha value is -1.65. The second-order valence-corrected chi connectivity index (χ2v) is 5.78. The van der Waals surface area contributed by atoms with Crippen molar-refractivity contribution >= 4 is 5.97 Å². The zero-order valence-corrected chi connectivity index (χ0v) is 14.7. The fourth-order valence-corrected chi connectivity index (χ4v) is 2.02. The molecule has 136 valence electrons. The second kappa shape index (κ2) is 16.2. The first kappa shape index (κ1) is 22.4. The van der Waals surface area contributed by atoms with Gasteiger partial charge in [0.1, 0.15) is 0 Å². The number of carbonyl (C=O) groups is 1. The van der Waals surface area contributed by atoms with Crippen LogP contribution >= 0.6 is 0 Å². The molecule has 0 aromatic heterocycles. The molecule has 0 bridgehead atoms. The molecule has 0 aliphatic rings. The highest BCUT2D eigenvalue weighted by atomic mass is 16.4. The molecule has 0 amide bonds. The molecule has 4 heteroatoms. The predicted molar refractivity (Wildman–Crippen MR) is 98.8 cm³/mol. The van der Waals surface area contributed by atoms with Crippen molar-refractivity contribution in [1.29, 1.82) is 0 Å². The molecule has 0 saturated heterocycles. The van der Waals surface area contributed by atoms with Crippen molar-refractivity contribution in [3.63, 3.8) is 0 Å². The van der Waals surface area contributed by atoms with Gasteiger partial charge in [-0.25, -0.2) is 0 Å². The van der Waals surface area contributed by atoms with Crippen LogP contribution in [0.2, 0.25) is 0 Å². The van der Waals surface area contributed by atoms with E-state index in [1.807, 2.05) is 30.4 Å². The van der Waals surface area contributed by atoms with Crippen molar-refractivity contribution in [3.8, 4) is 0 Å². The molecule has 0 aromatic carbocycles. The Morgan fingerprint density at radius 3 is 2.21 bits per heavy atom. The largest absolute Gasteiger partial charge is 0.481 e. The van der Waals surface area contributed by atoms with Crippen LogP contribution in [-0.2, 0) is 4.79 Å². The van der Waals surface area contributed by atoms with E-state index in [9.17, 15) is 15.0 Å². The number of aliphatic carboxylic acids is 1. The first-order chi connectivity index (χ1) is 11.6. The Balaban J connectivity index is 3.80. The highest BCUT2D eigenvalue weighted by molar-refractivity contribution is 5.66. The molecular formula is C20H32O4. The quantitative estimate of drug-likeness (QED) is 0.253. The maximum Gasteiger partial charge on any atom is 0.303 e. The first-order valence-electron chi connectivity index (χ1n) is 8.80. The zero-order chi connectivity index (χ0) is 18.0. The minimum atomic E-state index is -0.777. The highest BCUT2D eigenvalue weighted by Crippen LogP contribution is 2.04. The average molecular weight is 336 g/mol. The Morgan fingerprint density at radius 1 is 0.917 bits per heavy atom. The standard InChI is InChI=1S/C20H32O4/c1-2-3-8-13-18(21)14-9-4-5-10-15-19(22)16-11-6-7-12-17-20(23)24/h4-6,9-11,14-15,18-19,21-22H,2-3,7-8,12-13,16-17H2,1H3,(H,23,24)/b5-4+,11-6-,14-9+,15-10+/t18-,19?/m0/s1. The van der Waals surface area contributed by atoms with Crippen LogP contribution in [0, 0.1) is 0 Å². The van der Waals surface area contributed by atoms with Gasteiger partial charge in [-0.2, -0.15) is 0 Å². The van der Waals surface area contributed by atoms with E-state index in [-0.39, 0.29) is 12.5 Å². The number of aliphatic hydroxyl groups excluding tert-OH is 2. The summed E-state index contributed by atoms with van der Waals surface area (Å²) in [5.74, 6) is -0.777. The van der Waals surface area contributed by atoms with Gasteiger partial charge in [0, 0.05) is 6.42 Å². The number of carboxylic acid groups (broad SMARTS) is 1.